The predicted octanol–water partition coefficient (Wildman–Crippen LogP) is 4.26. The zero-order chi connectivity index (χ0) is 15.5. The molecule has 0 radical (unpaired) electrons. The van der Waals surface area contributed by atoms with E-state index in [1.54, 1.807) is 0 Å². The van der Waals surface area contributed by atoms with E-state index in [9.17, 15) is 5.11 Å². The summed E-state index contributed by atoms with van der Waals surface area (Å²) in [6, 6.07) is 7.63. The quantitative estimate of drug-likeness (QED) is 0.785. The molecule has 126 valence electrons. The molecule has 0 aliphatic heterocycles. The molecule has 0 aromatic heterocycles. The van der Waals surface area contributed by atoms with E-state index in [0.29, 0.717) is 5.92 Å². The maximum absolute atomic E-state index is 10.5. The SMILES string of the molecule is C[Si](C)(C)Oc1ccc([C@@H](N)[C@@H](O)C2CCCCC2)cc1.Cl. The highest BCUT2D eigenvalue weighted by Gasteiger charge is 2.27. The number of aliphatic hydroxyl groups excluding tert-OH is 1. The Morgan fingerprint density at radius 2 is 1.64 bits per heavy atom. The molecule has 1 aromatic rings. The van der Waals surface area contributed by atoms with Gasteiger partial charge >= 0.3 is 0 Å². The number of benzene rings is 1. The highest BCUT2D eigenvalue weighted by molar-refractivity contribution is 6.70. The summed E-state index contributed by atoms with van der Waals surface area (Å²) in [5, 5.41) is 10.5. The number of hydrogen-bond acceptors (Lipinski definition) is 3. The van der Waals surface area contributed by atoms with Gasteiger partial charge in [0.25, 0.3) is 0 Å². The first-order valence-electron chi connectivity index (χ1n) is 8.09. The van der Waals surface area contributed by atoms with E-state index in [-0.39, 0.29) is 18.4 Å². The van der Waals surface area contributed by atoms with Gasteiger partial charge in [-0.05, 0) is 56.1 Å². The average Bonchev–Trinajstić information content (AvgIpc) is 2.46. The van der Waals surface area contributed by atoms with Crippen molar-refractivity contribution in [1.82, 2.24) is 0 Å². The lowest BCUT2D eigenvalue weighted by Crippen LogP contribution is -2.34. The summed E-state index contributed by atoms with van der Waals surface area (Å²) in [4.78, 5) is 0. The summed E-state index contributed by atoms with van der Waals surface area (Å²) >= 11 is 0. The van der Waals surface area contributed by atoms with E-state index >= 15 is 0 Å². The zero-order valence-corrected chi connectivity index (χ0v) is 15.7. The van der Waals surface area contributed by atoms with Crippen molar-refractivity contribution in [2.45, 2.75) is 63.9 Å². The molecule has 0 bridgehead atoms. The van der Waals surface area contributed by atoms with Gasteiger partial charge in [0, 0.05) is 0 Å². The van der Waals surface area contributed by atoms with E-state index in [4.69, 9.17) is 10.2 Å². The van der Waals surface area contributed by atoms with Gasteiger partial charge < -0.3 is 15.3 Å². The minimum Gasteiger partial charge on any atom is -0.544 e. The van der Waals surface area contributed by atoms with Gasteiger partial charge in [0.15, 0.2) is 0 Å². The Kier molecular flexibility index (Phi) is 7.39. The largest absolute Gasteiger partial charge is 0.544 e. The lowest BCUT2D eigenvalue weighted by atomic mass is 9.81. The van der Waals surface area contributed by atoms with Crippen molar-refractivity contribution in [3.8, 4) is 5.75 Å². The van der Waals surface area contributed by atoms with Gasteiger partial charge in [-0.25, -0.2) is 0 Å². The molecule has 1 aliphatic carbocycles. The van der Waals surface area contributed by atoms with Crippen LogP contribution in [0, 0.1) is 5.92 Å². The molecule has 3 N–H and O–H groups in total. The molecular weight excluding hydrogens is 314 g/mol. The van der Waals surface area contributed by atoms with Crippen molar-refractivity contribution in [2.75, 3.05) is 0 Å². The third-order valence-electron chi connectivity index (χ3n) is 4.19. The summed E-state index contributed by atoms with van der Waals surface area (Å²) in [6.07, 6.45) is 5.50. The molecule has 3 nitrogen and oxygen atoms in total. The van der Waals surface area contributed by atoms with Crippen molar-refractivity contribution >= 4 is 20.7 Å². The van der Waals surface area contributed by atoms with E-state index in [0.717, 1.165) is 24.2 Å². The number of rotatable bonds is 5. The normalized spacial score (nSPS) is 19.1. The summed E-state index contributed by atoms with van der Waals surface area (Å²) < 4.78 is 5.95. The summed E-state index contributed by atoms with van der Waals surface area (Å²) in [5.74, 6) is 1.25. The van der Waals surface area contributed by atoms with Crippen LogP contribution in [-0.2, 0) is 0 Å². The molecule has 0 saturated heterocycles. The summed E-state index contributed by atoms with van der Waals surface area (Å²) in [5.41, 5.74) is 7.26. The first-order valence-corrected chi connectivity index (χ1v) is 11.5. The lowest BCUT2D eigenvalue weighted by molar-refractivity contribution is 0.0618. The number of hydrogen-bond donors (Lipinski definition) is 2. The Hall–Kier alpha value is -0.553. The highest BCUT2D eigenvalue weighted by atomic mass is 35.5. The molecule has 5 heteroatoms. The Labute approximate surface area is 141 Å². The third kappa shape index (κ3) is 5.58. The maximum Gasteiger partial charge on any atom is 0.242 e. The first kappa shape index (κ1) is 19.5. The lowest BCUT2D eigenvalue weighted by Gasteiger charge is -2.30. The second kappa shape index (κ2) is 8.34. The van der Waals surface area contributed by atoms with Crippen LogP contribution in [0.3, 0.4) is 0 Å². The van der Waals surface area contributed by atoms with Crippen LogP contribution in [0.4, 0.5) is 0 Å². The number of halogens is 1. The van der Waals surface area contributed by atoms with Crippen LogP contribution in [0.15, 0.2) is 24.3 Å². The summed E-state index contributed by atoms with van der Waals surface area (Å²) in [6.45, 7) is 6.50. The van der Waals surface area contributed by atoms with Crippen molar-refractivity contribution in [1.29, 1.82) is 0 Å². The highest BCUT2D eigenvalue weighted by Crippen LogP contribution is 2.31. The Balaban J connectivity index is 0.00000242. The monoisotopic (exact) mass is 343 g/mol. The second-order valence-corrected chi connectivity index (χ2v) is 11.6. The fourth-order valence-electron chi connectivity index (χ4n) is 3.08. The van der Waals surface area contributed by atoms with Crippen LogP contribution in [0.25, 0.3) is 0 Å². The molecule has 1 aromatic carbocycles. The Bertz CT molecular complexity index is 441. The Morgan fingerprint density at radius 3 is 2.14 bits per heavy atom. The molecule has 0 heterocycles. The molecule has 0 unspecified atom stereocenters. The van der Waals surface area contributed by atoms with Crippen LogP contribution in [-0.4, -0.2) is 19.5 Å². The number of nitrogens with two attached hydrogens (primary N) is 1. The zero-order valence-electron chi connectivity index (χ0n) is 13.9. The van der Waals surface area contributed by atoms with E-state index in [1.807, 2.05) is 24.3 Å². The van der Waals surface area contributed by atoms with Crippen LogP contribution in [0.5, 0.6) is 5.75 Å². The van der Waals surface area contributed by atoms with E-state index in [1.165, 1.54) is 19.3 Å². The minimum atomic E-state index is -1.57. The second-order valence-electron chi connectivity index (χ2n) is 7.20. The smallest absolute Gasteiger partial charge is 0.242 e. The fraction of sp³-hybridized carbons (Fsp3) is 0.647. The van der Waals surface area contributed by atoms with Crippen LogP contribution in [0.1, 0.15) is 43.7 Å². The Morgan fingerprint density at radius 1 is 1.09 bits per heavy atom. The van der Waals surface area contributed by atoms with Gasteiger partial charge in [-0.2, -0.15) is 0 Å². The standard InChI is InChI=1S/C17H29NO2Si.ClH/c1-21(2,3)20-15-11-9-13(10-12-15)16(18)17(19)14-7-5-4-6-8-14;/h9-12,14,16-17,19H,4-8,18H2,1-3H3;1H/t16-,17+;/m1./s1. The van der Waals surface area contributed by atoms with Crippen LogP contribution >= 0.6 is 12.4 Å². The molecule has 1 saturated carbocycles. The number of aliphatic hydroxyl groups is 1. The average molecular weight is 344 g/mol. The maximum atomic E-state index is 10.5. The topological polar surface area (TPSA) is 55.5 Å². The molecule has 2 atom stereocenters. The van der Waals surface area contributed by atoms with Crippen molar-refractivity contribution in [3.63, 3.8) is 0 Å². The fourth-order valence-corrected chi connectivity index (χ4v) is 3.92. The van der Waals surface area contributed by atoms with Gasteiger partial charge in [0.1, 0.15) is 5.75 Å². The van der Waals surface area contributed by atoms with Crippen molar-refractivity contribution in [2.24, 2.45) is 11.7 Å². The molecule has 1 fully saturated rings. The van der Waals surface area contributed by atoms with Gasteiger partial charge in [0.2, 0.25) is 8.32 Å². The van der Waals surface area contributed by atoms with Gasteiger partial charge in [0.05, 0.1) is 12.1 Å². The van der Waals surface area contributed by atoms with Gasteiger partial charge in [-0.3, -0.25) is 0 Å². The molecule has 0 amide bonds. The van der Waals surface area contributed by atoms with Crippen molar-refractivity contribution < 1.29 is 9.53 Å². The van der Waals surface area contributed by atoms with Crippen LogP contribution < -0.4 is 10.2 Å². The minimum absolute atomic E-state index is 0. The first-order chi connectivity index (χ1) is 9.87. The van der Waals surface area contributed by atoms with Crippen molar-refractivity contribution in [3.05, 3.63) is 29.8 Å². The molecule has 22 heavy (non-hydrogen) atoms. The molecule has 0 spiro atoms. The van der Waals surface area contributed by atoms with Gasteiger partial charge in [-0.1, -0.05) is 31.4 Å². The molecule has 2 rings (SSSR count). The molecule has 1 aliphatic rings. The predicted molar refractivity (Wildman–Crippen MR) is 97.2 cm³/mol. The van der Waals surface area contributed by atoms with Gasteiger partial charge in [-0.15, -0.1) is 12.4 Å². The molecular formula is C17H30ClNO2Si. The summed E-state index contributed by atoms with van der Waals surface area (Å²) in [7, 11) is -1.57. The third-order valence-corrected chi connectivity index (χ3v) is 5.04. The van der Waals surface area contributed by atoms with E-state index in [2.05, 4.69) is 19.6 Å². The van der Waals surface area contributed by atoms with Crippen LogP contribution in [0.2, 0.25) is 19.6 Å². The van der Waals surface area contributed by atoms with E-state index < -0.39 is 14.4 Å².